The summed E-state index contributed by atoms with van der Waals surface area (Å²) in [5, 5.41) is 6.01. The number of rotatable bonds is 6. The minimum absolute atomic E-state index is 0.156. The lowest BCUT2D eigenvalue weighted by Crippen LogP contribution is -2.36. The maximum absolute atomic E-state index is 13.1. The molecule has 158 valence electrons. The van der Waals surface area contributed by atoms with Crippen molar-refractivity contribution in [2.75, 3.05) is 5.32 Å². The Morgan fingerprint density at radius 2 is 1.35 bits per heavy atom. The molecular formula is C26H26N2O3. The second-order valence-electron chi connectivity index (χ2n) is 7.72. The number of para-hydroxylation sites is 3. The fourth-order valence-corrected chi connectivity index (χ4v) is 3.85. The molecule has 0 radical (unpaired) electrons. The molecule has 2 amide bonds. The van der Waals surface area contributed by atoms with Gasteiger partial charge in [0.2, 0.25) is 0 Å². The largest absolute Gasteiger partial charge is 0.457 e. The maximum atomic E-state index is 13.1. The van der Waals surface area contributed by atoms with Crippen LogP contribution in [-0.4, -0.2) is 17.9 Å². The summed E-state index contributed by atoms with van der Waals surface area (Å²) in [5.41, 5.74) is 1.34. The number of hydrogen-bond donors (Lipinski definition) is 2. The van der Waals surface area contributed by atoms with E-state index in [1.807, 2.05) is 36.4 Å². The van der Waals surface area contributed by atoms with Crippen LogP contribution in [0.15, 0.2) is 78.9 Å². The molecule has 3 aromatic carbocycles. The lowest BCUT2D eigenvalue weighted by Gasteiger charge is -2.23. The molecule has 4 rings (SSSR count). The minimum Gasteiger partial charge on any atom is -0.457 e. The van der Waals surface area contributed by atoms with E-state index < -0.39 is 0 Å². The van der Waals surface area contributed by atoms with E-state index in [0.717, 1.165) is 25.7 Å². The number of carbonyl (C=O) groups excluding carboxylic acids is 2. The van der Waals surface area contributed by atoms with Gasteiger partial charge in [-0.05, 0) is 49.2 Å². The van der Waals surface area contributed by atoms with Gasteiger partial charge in [-0.2, -0.15) is 0 Å². The molecule has 0 saturated heterocycles. The fourth-order valence-electron chi connectivity index (χ4n) is 3.85. The zero-order valence-corrected chi connectivity index (χ0v) is 17.3. The molecule has 3 aromatic rings. The molecule has 0 heterocycles. The van der Waals surface area contributed by atoms with Crippen molar-refractivity contribution in [1.29, 1.82) is 0 Å². The first-order chi connectivity index (χ1) is 15.2. The van der Waals surface area contributed by atoms with Crippen molar-refractivity contribution in [3.63, 3.8) is 0 Å². The Hall–Kier alpha value is -3.60. The molecule has 5 nitrogen and oxygen atoms in total. The molecule has 1 fully saturated rings. The van der Waals surface area contributed by atoms with Crippen molar-refractivity contribution in [2.45, 2.75) is 38.1 Å². The standard InChI is InChI=1S/C26H26N2O3/c29-25(27-19-11-3-1-4-12-19)21-15-7-9-17-23(21)28-26(30)22-16-8-10-18-24(22)31-20-13-5-2-6-14-20/h2,5-10,13-19H,1,3-4,11-12H2,(H,27,29)(H,28,30). The molecule has 1 saturated carbocycles. The quantitative estimate of drug-likeness (QED) is 0.536. The highest BCUT2D eigenvalue weighted by Crippen LogP contribution is 2.27. The molecule has 0 bridgehead atoms. The van der Waals surface area contributed by atoms with Gasteiger partial charge in [-0.3, -0.25) is 9.59 Å². The number of ether oxygens (including phenoxy) is 1. The van der Waals surface area contributed by atoms with Crippen molar-refractivity contribution < 1.29 is 14.3 Å². The van der Waals surface area contributed by atoms with Crippen LogP contribution in [0.4, 0.5) is 5.69 Å². The molecule has 0 aromatic heterocycles. The SMILES string of the molecule is O=C(NC1CCCCC1)c1ccccc1NC(=O)c1ccccc1Oc1ccccc1. The average Bonchev–Trinajstić information content (AvgIpc) is 2.81. The summed E-state index contributed by atoms with van der Waals surface area (Å²) in [6, 6.07) is 23.7. The highest BCUT2D eigenvalue weighted by atomic mass is 16.5. The number of hydrogen-bond acceptors (Lipinski definition) is 3. The van der Waals surface area contributed by atoms with Crippen molar-refractivity contribution in [1.82, 2.24) is 5.32 Å². The van der Waals surface area contributed by atoms with Gasteiger partial charge in [0, 0.05) is 6.04 Å². The summed E-state index contributed by atoms with van der Waals surface area (Å²) in [5.74, 6) is 0.617. The molecule has 1 aliphatic carbocycles. The van der Waals surface area contributed by atoms with Gasteiger partial charge >= 0.3 is 0 Å². The lowest BCUT2D eigenvalue weighted by molar-refractivity contribution is 0.0928. The predicted molar refractivity (Wildman–Crippen MR) is 122 cm³/mol. The third-order valence-electron chi connectivity index (χ3n) is 5.46. The summed E-state index contributed by atoms with van der Waals surface area (Å²) in [6.45, 7) is 0. The van der Waals surface area contributed by atoms with Crippen molar-refractivity contribution in [3.05, 3.63) is 90.0 Å². The Labute approximate surface area is 182 Å². The van der Waals surface area contributed by atoms with Gasteiger partial charge in [0.15, 0.2) is 0 Å². The lowest BCUT2D eigenvalue weighted by atomic mass is 9.95. The fraction of sp³-hybridized carbons (Fsp3) is 0.231. The first kappa shape index (κ1) is 20.7. The van der Waals surface area contributed by atoms with E-state index in [9.17, 15) is 9.59 Å². The maximum Gasteiger partial charge on any atom is 0.259 e. The topological polar surface area (TPSA) is 67.4 Å². The van der Waals surface area contributed by atoms with Gasteiger partial charge in [0.1, 0.15) is 11.5 Å². The van der Waals surface area contributed by atoms with E-state index in [0.29, 0.717) is 28.3 Å². The highest BCUT2D eigenvalue weighted by Gasteiger charge is 2.20. The minimum atomic E-state index is -0.329. The Bertz CT molecular complexity index is 1040. The zero-order chi connectivity index (χ0) is 21.5. The van der Waals surface area contributed by atoms with Crippen LogP contribution in [0.25, 0.3) is 0 Å². The summed E-state index contributed by atoms with van der Waals surface area (Å²) in [7, 11) is 0. The Balaban J connectivity index is 1.51. The molecular weight excluding hydrogens is 388 g/mol. The van der Waals surface area contributed by atoms with Gasteiger partial charge in [0.25, 0.3) is 11.8 Å². The van der Waals surface area contributed by atoms with E-state index in [1.54, 1.807) is 42.5 Å². The second-order valence-corrected chi connectivity index (χ2v) is 7.72. The molecule has 0 aliphatic heterocycles. The molecule has 0 atom stereocenters. The predicted octanol–water partition coefficient (Wildman–Crippen LogP) is 5.79. The van der Waals surface area contributed by atoms with Gasteiger partial charge in [0.05, 0.1) is 16.8 Å². The number of amides is 2. The van der Waals surface area contributed by atoms with Gasteiger partial charge < -0.3 is 15.4 Å². The normalized spacial score (nSPS) is 13.9. The molecule has 31 heavy (non-hydrogen) atoms. The van der Waals surface area contributed by atoms with Crippen LogP contribution in [-0.2, 0) is 0 Å². The third-order valence-corrected chi connectivity index (χ3v) is 5.46. The van der Waals surface area contributed by atoms with E-state index in [1.165, 1.54) is 6.42 Å². The van der Waals surface area contributed by atoms with Crippen molar-refractivity contribution in [2.24, 2.45) is 0 Å². The smallest absolute Gasteiger partial charge is 0.259 e. The van der Waals surface area contributed by atoms with Crippen LogP contribution in [0.2, 0.25) is 0 Å². The molecule has 0 spiro atoms. The van der Waals surface area contributed by atoms with Crippen LogP contribution in [0, 0.1) is 0 Å². The first-order valence-electron chi connectivity index (χ1n) is 10.7. The monoisotopic (exact) mass is 414 g/mol. The number of nitrogens with one attached hydrogen (secondary N) is 2. The average molecular weight is 415 g/mol. The van der Waals surface area contributed by atoms with Crippen LogP contribution in [0.1, 0.15) is 52.8 Å². The summed E-state index contributed by atoms with van der Waals surface area (Å²) < 4.78 is 5.91. The molecule has 5 heteroatoms. The number of benzene rings is 3. The number of carbonyl (C=O) groups is 2. The van der Waals surface area contributed by atoms with E-state index in [-0.39, 0.29) is 17.9 Å². The van der Waals surface area contributed by atoms with E-state index >= 15 is 0 Å². The Morgan fingerprint density at radius 3 is 2.13 bits per heavy atom. The van der Waals surface area contributed by atoms with Crippen LogP contribution < -0.4 is 15.4 Å². The molecule has 2 N–H and O–H groups in total. The van der Waals surface area contributed by atoms with Crippen LogP contribution in [0.3, 0.4) is 0 Å². The van der Waals surface area contributed by atoms with Crippen LogP contribution in [0.5, 0.6) is 11.5 Å². The summed E-state index contributed by atoms with van der Waals surface area (Å²) >= 11 is 0. The molecule has 1 aliphatic rings. The van der Waals surface area contributed by atoms with E-state index in [2.05, 4.69) is 10.6 Å². The van der Waals surface area contributed by atoms with Crippen molar-refractivity contribution >= 4 is 17.5 Å². The third kappa shape index (κ3) is 5.31. The number of anilines is 1. The first-order valence-corrected chi connectivity index (χ1v) is 10.7. The highest BCUT2D eigenvalue weighted by molar-refractivity contribution is 6.10. The van der Waals surface area contributed by atoms with Gasteiger partial charge in [-0.15, -0.1) is 0 Å². The Kier molecular flexibility index (Phi) is 6.62. The van der Waals surface area contributed by atoms with Gasteiger partial charge in [-0.1, -0.05) is 61.7 Å². The Morgan fingerprint density at radius 1 is 0.710 bits per heavy atom. The summed E-state index contributed by atoms with van der Waals surface area (Å²) in [6.07, 6.45) is 5.52. The molecule has 0 unspecified atom stereocenters. The summed E-state index contributed by atoms with van der Waals surface area (Å²) in [4.78, 5) is 25.9. The van der Waals surface area contributed by atoms with Crippen LogP contribution >= 0.6 is 0 Å². The van der Waals surface area contributed by atoms with Crippen molar-refractivity contribution in [3.8, 4) is 11.5 Å². The van der Waals surface area contributed by atoms with Gasteiger partial charge in [-0.25, -0.2) is 0 Å². The second kappa shape index (κ2) is 9.94. The van der Waals surface area contributed by atoms with E-state index in [4.69, 9.17) is 4.74 Å². The zero-order valence-electron chi connectivity index (χ0n) is 17.3.